The number of nitrogens with zero attached hydrogens (tertiary/aromatic N) is 2. The SMILES string of the molecule is CC(C)(C)OC(=O)NCc1ccc(-c2ncccn2)cc1CN. The monoisotopic (exact) mass is 314 g/mol. The molecule has 0 saturated heterocycles. The number of aromatic nitrogens is 2. The molecular formula is C17H22N4O2. The van der Waals surface area contributed by atoms with E-state index in [1.54, 1.807) is 18.5 Å². The molecule has 0 aliphatic heterocycles. The molecule has 0 bridgehead atoms. The van der Waals surface area contributed by atoms with Crippen molar-refractivity contribution in [3.05, 3.63) is 47.8 Å². The Bertz CT molecular complexity index is 666. The van der Waals surface area contributed by atoms with Crippen LogP contribution < -0.4 is 11.1 Å². The summed E-state index contributed by atoms with van der Waals surface area (Å²) in [7, 11) is 0. The van der Waals surface area contributed by atoms with Crippen LogP contribution in [-0.4, -0.2) is 21.7 Å². The molecule has 0 radical (unpaired) electrons. The number of alkyl carbamates (subject to hydrolysis) is 1. The third-order valence-corrected chi connectivity index (χ3v) is 3.07. The first kappa shape index (κ1) is 16.9. The Balaban J connectivity index is 2.10. The molecule has 0 spiro atoms. The van der Waals surface area contributed by atoms with E-state index in [1.165, 1.54) is 0 Å². The number of rotatable bonds is 4. The highest BCUT2D eigenvalue weighted by atomic mass is 16.6. The number of nitrogens with two attached hydrogens (primary N) is 1. The molecule has 1 aromatic heterocycles. The quantitative estimate of drug-likeness (QED) is 0.905. The fourth-order valence-electron chi connectivity index (χ4n) is 2.06. The minimum absolute atomic E-state index is 0.359. The normalized spacial score (nSPS) is 11.1. The fourth-order valence-corrected chi connectivity index (χ4v) is 2.06. The fraction of sp³-hybridized carbons (Fsp3) is 0.353. The van der Waals surface area contributed by atoms with Gasteiger partial charge in [0.25, 0.3) is 0 Å². The van der Waals surface area contributed by atoms with Crippen LogP contribution in [0.2, 0.25) is 0 Å². The second-order valence-electron chi connectivity index (χ2n) is 6.12. The molecule has 0 aliphatic carbocycles. The van der Waals surface area contributed by atoms with Gasteiger partial charge in [0.2, 0.25) is 0 Å². The Morgan fingerprint density at radius 2 is 1.91 bits per heavy atom. The molecule has 1 amide bonds. The van der Waals surface area contributed by atoms with E-state index >= 15 is 0 Å². The van der Waals surface area contributed by atoms with Crippen molar-refractivity contribution in [3.8, 4) is 11.4 Å². The lowest BCUT2D eigenvalue weighted by Crippen LogP contribution is -2.32. The second-order valence-corrected chi connectivity index (χ2v) is 6.12. The van der Waals surface area contributed by atoms with Crippen molar-refractivity contribution < 1.29 is 9.53 Å². The van der Waals surface area contributed by atoms with E-state index in [0.717, 1.165) is 16.7 Å². The number of carbonyl (C=O) groups excluding carboxylic acids is 1. The van der Waals surface area contributed by atoms with Gasteiger partial charge in [0.15, 0.2) is 5.82 Å². The second kappa shape index (κ2) is 7.19. The smallest absolute Gasteiger partial charge is 0.407 e. The Kier molecular flexibility index (Phi) is 5.28. The molecule has 0 aliphatic rings. The van der Waals surface area contributed by atoms with E-state index < -0.39 is 11.7 Å². The van der Waals surface area contributed by atoms with Crippen molar-refractivity contribution in [3.63, 3.8) is 0 Å². The third kappa shape index (κ3) is 5.03. The number of nitrogens with one attached hydrogen (secondary N) is 1. The maximum absolute atomic E-state index is 11.7. The first-order valence-electron chi connectivity index (χ1n) is 7.45. The van der Waals surface area contributed by atoms with Gasteiger partial charge in [-0.25, -0.2) is 14.8 Å². The van der Waals surface area contributed by atoms with Gasteiger partial charge in [-0.05, 0) is 44.0 Å². The highest BCUT2D eigenvalue weighted by molar-refractivity contribution is 5.68. The summed E-state index contributed by atoms with van der Waals surface area (Å²) in [6.45, 7) is 6.20. The van der Waals surface area contributed by atoms with Crippen LogP contribution in [0.4, 0.5) is 4.79 Å². The van der Waals surface area contributed by atoms with Crippen LogP contribution in [0.3, 0.4) is 0 Å². The van der Waals surface area contributed by atoms with Gasteiger partial charge < -0.3 is 15.8 Å². The van der Waals surface area contributed by atoms with Crippen molar-refractivity contribution >= 4 is 6.09 Å². The molecule has 0 saturated carbocycles. The first-order valence-corrected chi connectivity index (χ1v) is 7.45. The molecule has 0 unspecified atom stereocenters. The van der Waals surface area contributed by atoms with Crippen molar-refractivity contribution in [1.29, 1.82) is 0 Å². The Hall–Kier alpha value is -2.47. The van der Waals surface area contributed by atoms with Crippen LogP contribution in [0.5, 0.6) is 0 Å². The highest BCUT2D eigenvalue weighted by Gasteiger charge is 2.16. The molecule has 122 valence electrons. The average molecular weight is 314 g/mol. The van der Waals surface area contributed by atoms with Gasteiger partial charge in [-0.1, -0.05) is 12.1 Å². The number of hydrogen-bond donors (Lipinski definition) is 2. The lowest BCUT2D eigenvalue weighted by atomic mass is 10.0. The minimum Gasteiger partial charge on any atom is -0.444 e. The van der Waals surface area contributed by atoms with E-state index in [9.17, 15) is 4.79 Å². The van der Waals surface area contributed by atoms with Crippen molar-refractivity contribution in [2.24, 2.45) is 5.73 Å². The van der Waals surface area contributed by atoms with Crippen LogP contribution in [-0.2, 0) is 17.8 Å². The van der Waals surface area contributed by atoms with Gasteiger partial charge in [-0.2, -0.15) is 0 Å². The summed E-state index contributed by atoms with van der Waals surface area (Å²) < 4.78 is 5.22. The molecule has 0 fully saturated rings. The van der Waals surface area contributed by atoms with Gasteiger partial charge in [0, 0.05) is 31.0 Å². The van der Waals surface area contributed by atoms with Crippen LogP contribution in [0.15, 0.2) is 36.7 Å². The van der Waals surface area contributed by atoms with Crippen LogP contribution in [0, 0.1) is 0 Å². The number of benzene rings is 1. The number of ether oxygens (including phenoxy) is 1. The largest absolute Gasteiger partial charge is 0.444 e. The zero-order valence-electron chi connectivity index (χ0n) is 13.7. The van der Waals surface area contributed by atoms with Gasteiger partial charge >= 0.3 is 6.09 Å². The van der Waals surface area contributed by atoms with E-state index in [4.69, 9.17) is 10.5 Å². The maximum Gasteiger partial charge on any atom is 0.407 e. The first-order chi connectivity index (χ1) is 10.9. The predicted octanol–water partition coefficient (Wildman–Crippen LogP) is 2.63. The van der Waals surface area contributed by atoms with Gasteiger partial charge in [0.1, 0.15) is 5.60 Å². The summed E-state index contributed by atoms with van der Waals surface area (Å²) in [5, 5.41) is 2.74. The Morgan fingerprint density at radius 1 is 1.22 bits per heavy atom. The summed E-state index contributed by atoms with van der Waals surface area (Å²) in [4.78, 5) is 20.2. The molecule has 2 aromatic rings. The summed E-state index contributed by atoms with van der Waals surface area (Å²) in [6.07, 6.45) is 2.95. The zero-order valence-corrected chi connectivity index (χ0v) is 13.7. The average Bonchev–Trinajstić information content (AvgIpc) is 2.52. The molecule has 6 nitrogen and oxygen atoms in total. The van der Waals surface area contributed by atoms with Crippen molar-refractivity contribution in [1.82, 2.24) is 15.3 Å². The molecular weight excluding hydrogens is 292 g/mol. The molecule has 0 atom stereocenters. The van der Waals surface area contributed by atoms with Crippen molar-refractivity contribution in [2.45, 2.75) is 39.5 Å². The summed E-state index contributed by atoms with van der Waals surface area (Å²) >= 11 is 0. The summed E-state index contributed by atoms with van der Waals surface area (Å²) in [5.41, 5.74) is 8.08. The maximum atomic E-state index is 11.7. The van der Waals surface area contributed by atoms with Crippen LogP contribution >= 0.6 is 0 Å². The van der Waals surface area contributed by atoms with E-state index in [0.29, 0.717) is 18.9 Å². The zero-order chi connectivity index (χ0) is 16.9. The van der Waals surface area contributed by atoms with E-state index in [-0.39, 0.29) is 0 Å². The number of amides is 1. The lowest BCUT2D eigenvalue weighted by molar-refractivity contribution is 0.0523. The lowest BCUT2D eigenvalue weighted by Gasteiger charge is -2.20. The number of carbonyl (C=O) groups is 1. The van der Waals surface area contributed by atoms with Crippen LogP contribution in [0.1, 0.15) is 31.9 Å². The molecule has 1 heterocycles. The van der Waals surface area contributed by atoms with E-state index in [1.807, 2.05) is 39.0 Å². The number of hydrogen-bond acceptors (Lipinski definition) is 5. The van der Waals surface area contributed by atoms with Crippen LogP contribution in [0.25, 0.3) is 11.4 Å². The summed E-state index contributed by atoms with van der Waals surface area (Å²) in [6, 6.07) is 7.56. The molecule has 2 rings (SSSR count). The van der Waals surface area contributed by atoms with Crippen molar-refractivity contribution in [2.75, 3.05) is 0 Å². The molecule has 1 aromatic carbocycles. The Labute approximate surface area is 136 Å². The minimum atomic E-state index is -0.519. The highest BCUT2D eigenvalue weighted by Crippen LogP contribution is 2.19. The van der Waals surface area contributed by atoms with Gasteiger partial charge in [-0.3, -0.25) is 0 Å². The molecule has 23 heavy (non-hydrogen) atoms. The van der Waals surface area contributed by atoms with E-state index in [2.05, 4.69) is 15.3 Å². The summed E-state index contributed by atoms with van der Waals surface area (Å²) in [5.74, 6) is 0.647. The predicted molar refractivity (Wildman–Crippen MR) is 88.4 cm³/mol. The standard InChI is InChI=1S/C17H22N4O2/c1-17(2,3)23-16(22)21-11-13-6-5-12(9-14(13)10-18)15-19-7-4-8-20-15/h4-9H,10-11,18H2,1-3H3,(H,21,22). The third-order valence-electron chi connectivity index (χ3n) is 3.07. The Morgan fingerprint density at radius 3 is 2.52 bits per heavy atom. The molecule has 3 N–H and O–H groups in total. The topological polar surface area (TPSA) is 90.1 Å². The van der Waals surface area contributed by atoms with Gasteiger partial charge in [0.05, 0.1) is 0 Å². The molecule has 6 heteroatoms. The van der Waals surface area contributed by atoms with Gasteiger partial charge in [-0.15, -0.1) is 0 Å².